The standard InChI is InChI=1S/C22H18BFN6O/c24-19-1-2-20-16(5-8-31-20)18(19)11-27-21-15(10-25)9-17(22-29-28-13-30(21)22)14-3-6-23(12-26)7-4-14/h1-3,9,13,27H,4-8,11H2. The van der Waals surface area contributed by atoms with Gasteiger partial charge in [0.1, 0.15) is 29.8 Å². The first-order valence-electron chi connectivity index (χ1n) is 10.2. The highest BCUT2D eigenvalue weighted by molar-refractivity contribution is 6.67. The van der Waals surface area contributed by atoms with Crippen molar-refractivity contribution in [1.29, 1.82) is 10.5 Å². The fourth-order valence-electron chi connectivity index (χ4n) is 4.37. The summed E-state index contributed by atoms with van der Waals surface area (Å²) in [7, 11) is 0. The quantitative estimate of drug-likeness (QED) is 0.657. The number of aromatic nitrogens is 3. The molecule has 2 aliphatic rings. The van der Waals surface area contributed by atoms with E-state index < -0.39 is 0 Å². The van der Waals surface area contributed by atoms with Crippen LogP contribution in [0.5, 0.6) is 5.75 Å². The second-order valence-corrected chi connectivity index (χ2v) is 7.74. The van der Waals surface area contributed by atoms with Crippen LogP contribution >= 0.6 is 0 Å². The molecule has 0 radical (unpaired) electrons. The summed E-state index contributed by atoms with van der Waals surface area (Å²) in [5.41, 5.74) is 4.37. The number of nitrogens with zero attached hydrogens (tertiary/aromatic N) is 5. The van der Waals surface area contributed by atoms with E-state index in [1.165, 1.54) is 6.07 Å². The fraction of sp³-hybridized carbons (Fsp3) is 0.273. The third-order valence-corrected chi connectivity index (χ3v) is 6.01. The summed E-state index contributed by atoms with van der Waals surface area (Å²) < 4.78 is 21.8. The number of benzene rings is 1. The van der Waals surface area contributed by atoms with Gasteiger partial charge in [-0.2, -0.15) is 5.26 Å². The first kappa shape index (κ1) is 19.1. The molecule has 0 spiro atoms. The summed E-state index contributed by atoms with van der Waals surface area (Å²) in [6, 6.07) is 7.12. The van der Waals surface area contributed by atoms with Crippen LogP contribution in [0.4, 0.5) is 10.2 Å². The Hall–Kier alpha value is -3.85. The molecular formula is C22H18BFN6O. The van der Waals surface area contributed by atoms with E-state index in [1.807, 2.05) is 0 Å². The molecule has 0 fully saturated rings. The topological polar surface area (TPSA) is 99.0 Å². The molecule has 2 aliphatic heterocycles. The van der Waals surface area contributed by atoms with Gasteiger partial charge in [0, 0.05) is 35.6 Å². The van der Waals surface area contributed by atoms with Gasteiger partial charge in [-0.15, -0.1) is 10.2 Å². The smallest absolute Gasteiger partial charge is 0.271 e. The van der Waals surface area contributed by atoms with Gasteiger partial charge in [0.15, 0.2) is 5.65 Å². The van der Waals surface area contributed by atoms with Crippen LogP contribution in [0.25, 0.3) is 11.2 Å². The number of rotatable bonds is 4. The van der Waals surface area contributed by atoms with Gasteiger partial charge >= 0.3 is 0 Å². The van der Waals surface area contributed by atoms with Crippen LogP contribution in [0.1, 0.15) is 28.7 Å². The first-order valence-corrected chi connectivity index (χ1v) is 10.2. The fourth-order valence-corrected chi connectivity index (χ4v) is 4.37. The lowest BCUT2D eigenvalue weighted by Gasteiger charge is -2.18. The summed E-state index contributed by atoms with van der Waals surface area (Å²) >= 11 is 0. The molecule has 0 bridgehead atoms. The number of hydrogen-bond donors (Lipinski definition) is 1. The zero-order chi connectivity index (χ0) is 21.4. The average molecular weight is 412 g/mol. The number of allylic oxidation sites excluding steroid dienone is 2. The zero-order valence-electron chi connectivity index (χ0n) is 16.7. The third kappa shape index (κ3) is 3.29. The highest BCUT2D eigenvalue weighted by Crippen LogP contribution is 2.34. The van der Waals surface area contributed by atoms with Gasteiger partial charge in [-0.25, -0.2) is 9.65 Å². The first-order chi connectivity index (χ1) is 15.2. The number of anilines is 1. The van der Waals surface area contributed by atoms with Gasteiger partial charge < -0.3 is 10.1 Å². The number of halogens is 1. The molecule has 9 heteroatoms. The molecule has 7 nitrogen and oxygen atoms in total. The lowest BCUT2D eigenvalue weighted by molar-refractivity contribution is 0.356. The van der Waals surface area contributed by atoms with Crippen LogP contribution in [0.15, 0.2) is 30.6 Å². The van der Waals surface area contributed by atoms with Gasteiger partial charge in [-0.3, -0.25) is 4.40 Å². The van der Waals surface area contributed by atoms with Crippen molar-refractivity contribution in [2.24, 2.45) is 0 Å². The number of nitrogens with one attached hydrogen (secondary N) is 1. The molecule has 0 saturated carbocycles. The highest BCUT2D eigenvalue weighted by Gasteiger charge is 2.24. The minimum atomic E-state index is -0.300. The summed E-state index contributed by atoms with van der Waals surface area (Å²) in [5.74, 6) is 3.25. The van der Waals surface area contributed by atoms with Crippen molar-refractivity contribution in [2.75, 3.05) is 11.9 Å². The molecule has 0 saturated heterocycles. The Bertz CT molecular complexity index is 1300. The van der Waals surface area contributed by atoms with Crippen molar-refractivity contribution in [3.05, 3.63) is 58.7 Å². The lowest BCUT2D eigenvalue weighted by atomic mass is 9.43. The van der Waals surface area contributed by atoms with Crippen molar-refractivity contribution in [1.82, 2.24) is 14.6 Å². The minimum Gasteiger partial charge on any atom is -0.493 e. The molecule has 2 aromatic heterocycles. The Morgan fingerprint density at radius 2 is 2.19 bits per heavy atom. The van der Waals surface area contributed by atoms with Crippen LogP contribution in [0.3, 0.4) is 0 Å². The van der Waals surface area contributed by atoms with Gasteiger partial charge in [-0.05, 0) is 36.5 Å². The van der Waals surface area contributed by atoms with E-state index in [4.69, 9.17) is 10.00 Å². The van der Waals surface area contributed by atoms with Crippen molar-refractivity contribution in [3.63, 3.8) is 0 Å². The van der Waals surface area contributed by atoms with E-state index in [-0.39, 0.29) is 19.1 Å². The average Bonchev–Trinajstić information content (AvgIpc) is 3.48. The summed E-state index contributed by atoms with van der Waals surface area (Å²) in [4.78, 5) is 0. The molecule has 0 amide bonds. The third-order valence-electron chi connectivity index (χ3n) is 6.01. The highest BCUT2D eigenvalue weighted by atomic mass is 19.1. The van der Waals surface area contributed by atoms with E-state index in [9.17, 15) is 9.65 Å². The molecular weight excluding hydrogens is 394 g/mol. The largest absolute Gasteiger partial charge is 0.493 e. The molecule has 0 atom stereocenters. The molecule has 5 rings (SSSR count). The molecule has 1 aromatic carbocycles. The van der Waals surface area contributed by atoms with Crippen molar-refractivity contribution >= 4 is 23.8 Å². The summed E-state index contributed by atoms with van der Waals surface area (Å²) in [5, 5.41) is 30.5. The number of hydrogen-bond acceptors (Lipinski definition) is 6. The van der Waals surface area contributed by atoms with Gasteiger partial charge in [0.2, 0.25) is 0 Å². The maximum atomic E-state index is 14.5. The van der Waals surface area contributed by atoms with Gasteiger partial charge in [0.05, 0.1) is 12.2 Å². The molecule has 3 aromatic rings. The van der Waals surface area contributed by atoms with Crippen LogP contribution in [-0.2, 0) is 13.0 Å². The molecule has 152 valence electrons. The normalized spacial score (nSPS) is 15.1. The van der Waals surface area contributed by atoms with E-state index in [0.29, 0.717) is 47.7 Å². The predicted molar refractivity (Wildman–Crippen MR) is 114 cm³/mol. The molecule has 31 heavy (non-hydrogen) atoms. The Balaban J connectivity index is 1.52. The molecule has 0 aliphatic carbocycles. The van der Waals surface area contributed by atoms with Crippen molar-refractivity contribution in [2.45, 2.75) is 32.0 Å². The zero-order valence-corrected chi connectivity index (χ0v) is 16.7. The summed E-state index contributed by atoms with van der Waals surface area (Å²) in [6.45, 7) is 0.786. The van der Waals surface area contributed by atoms with Gasteiger partial charge in [0.25, 0.3) is 6.71 Å². The maximum Gasteiger partial charge on any atom is 0.271 e. The lowest BCUT2D eigenvalue weighted by Crippen LogP contribution is -2.14. The minimum absolute atomic E-state index is 0.0282. The van der Waals surface area contributed by atoms with E-state index in [1.54, 1.807) is 22.9 Å². The van der Waals surface area contributed by atoms with Crippen LogP contribution in [0.2, 0.25) is 12.6 Å². The number of pyridine rings is 1. The number of fused-ring (bicyclic) bond motifs is 2. The van der Waals surface area contributed by atoms with E-state index in [2.05, 4.69) is 33.6 Å². The van der Waals surface area contributed by atoms with Crippen LogP contribution in [0, 0.1) is 28.4 Å². The molecule has 1 N–H and O–H groups in total. The summed E-state index contributed by atoms with van der Waals surface area (Å²) in [6.07, 6.45) is 6.49. The SMILES string of the molecule is N#CB1CC=C(c2cc(C#N)c(NCc3c(F)ccc4c3CCO4)n3cnnc23)CC1. The number of nitriles is 2. The van der Waals surface area contributed by atoms with Crippen LogP contribution in [-0.4, -0.2) is 27.9 Å². The Labute approximate surface area is 178 Å². The van der Waals surface area contributed by atoms with E-state index in [0.717, 1.165) is 29.4 Å². The monoisotopic (exact) mass is 412 g/mol. The maximum absolute atomic E-state index is 14.5. The second kappa shape index (κ2) is 7.77. The molecule has 0 unspecified atom stereocenters. The molecule has 4 heterocycles. The van der Waals surface area contributed by atoms with Crippen molar-refractivity contribution < 1.29 is 9.13 Å². The second-order valence-electron chi connectivity index (χ2n) is 7.74. The van der Waals surface area contributed by atoms with Gasteiger partial charge in [-0.1, -0.05) is 12.4 Å². The van der Waals surface area contributed by atoms with E-state index >= 15 is 0 Å². The number of ether oxygens (including phenoxy) is 1. The van der Waals surface area contributed by atoms with Crippen LogP contribution < -0.4 is 10.1 Å². The predicted octanol–water partition coefficient (Wildman–Crippen LogP) is 3.63. The Kier molecular flexibility index (Phi) is 4.80. The Morgan fingerprint density at radius 1 is 1.29 bits per heavy atom. The van der Waals surface area contributed by atoms with Crippen molar-refractivity contribution in [3.8, 4) is 17.8 Å². The Morgan fingerprint density at radius 3 is 2.97 bits per heavy atom.